The predicted molar refractivity (Wildman–Crippen MR) is 94.5 cm³/mol. The molecule has 0 atom stereocenters. The Morgan fingerprint density at radius 3 is 2.21 bits per heavy atom. The van der Waals surface area contributed by atoms with Crippen LogP contribution in [0.4, 0.5) is 0 Å². The average molecular weight is 334 g/mol. The number of hydrogen-bond acceptors (Lipinski definition) is 4. The van der Waals surface area contributed by atoms with Crippen molar-refractivity contribution >= 4 is 5.97 Å². The maximum Gasteiger partial charge on any atom is 0.314 e. The summed E-state index contributed by atoms with van der Waals surface area (Å²) in [6, 6.07) is 7.37. The van der Waals surface area contributed by atoms with Gasteiger partial charge in [-0.25, -0.2) is 0 Å². The van der Waals surface area contributed by atoms with Gasteiger partial charge in [-0.3, -0.25) is 4.79 Å². The molecule has 24 heavy (non-hydrogen) atoms. The van der Waals surface area contributed by atoms with Gasteiger partial charge in [-0.15, -0.1) is 0 Å². The lowest BCUT2D eigenvalue weighted by atomic mass is 9.89. The van der Waals surface area contributed by atoms with Gasteiger partial charge in [0.2, 0.25) is 0 Å². The number of methoxy groups -OCH3 is 1. The number of rotatable bonds is 10. The fourth-order valence-electron chi connectivity index (χ4n) is 3.03. The monoisotopic (exact) mass is 334 g/mol. The van der Waals surface area contributed by atoms with E-state index in [1.165, 1.54) is 12.8 Å². The van der Waals surface area contributed by atoms with Crippen LogP contribution in [0.2, 0.25) is 0 Å². The van der Waals surface area contributed by atoms with Gasteiger partial charge in [-0.05, 0) is 56.4 Å². The molecule has 1 aromatic rings. The van der Waals surface area contributed by atoms with E-state index in [0.29, 0.717) is 12.4 Å². The minimum Gasteiger partial charge on any atom is -0.494 e. The summed E-state index contributed by atoms with van der Waals surface area (Å²) in [5.41, 5.74) is 0. The number of unbranched alkanes of at least 4 members (excludes halogenated alkanes) is 3. The molecule has 2 rings (SSSR count). The van der Waals surface area contributed by atoms with Gasteiger partial charge in [0, 0.05) is 13.7 Å². The van der Waals surface area contributed by atoms with Gasteiger partial charge in [0.25, 0.3) is 0 Å². The summed E-state index contributed by atoms with van der Waals surface area (Å²) in [5, 5.41) is 0. The highest BCUT2D eigenvalue weighted by Gasteiger charge is 2.22. The van der Waals surface area contributed by atoms with E-state index in [2.05, 4.69) is 0 Å². The van der Waals surface area contributed by atoms with Crippen molar-refractivity contribution in [2.75, 3.05) is 20.3 Å². The SMILES string of the molecule is COCCCCCCOc1ccc(OC(=O)C2CCCCC2)cc1. The van der Waals surface area contributed by atoms with Crippen LogP contribution in [0.3, 0.4) is 0 Å². The standard InChI is InChI=1S/C20H30O4/c1-22-15-7-2-3-8-16-23-18-11-13-19(14-12-18)24-20(21)17-9-5-4-6-10-17/h11-14,17H,2-10,15-16H2,1H3. The Kier molecular flexibility index (Phi) is 8.67. The zero-order valence-electron chi connectivity index (χ0n) is 14.8. The van der Waals surface area contributed by atoms with Gasteiger partial charge in [-0.2, -0.15) is 0 Å². The molecule has 4 nitrogen and oxygen atoms in total. The fraction of sp³-hybridized carbons (Fsp3) is 0.650. The van der Waals surface area contributed by atoms with Crippen LogP contribution in [0.5, 0.6) is 11.5 Å². The largest absolute Gasteiger partial charge is 0.494 e. The highest BCUT2D eigenvalue weighted by molar-refractivity contribution is 5.75. The Hall–Kier alpha value is -1.55. The molecule has 1 aromatic carbocycles. The third-order valence-corrected chi connectivity index (χ3v) is 4.49. The van der Waals surface area contributed by atoms with E-state index in [-0.39, 0.29) is 11.9 Å². The van der Waals surface area contributed by atoms with Crippen LogP contribution in [-0.4, -0.2) is 26.3 Å². The third kappa shape index (κ3) is 6.91. The zero-order valence-corrected chi connectivity index (χ0v) is 14.8. The quantitative estimate of drug-likeness (QED) is 0.352. The lowest BCUT2D eigenvalue weighted by Gasteiger charge is -2.19. The Bertz CT molecular complexity index is 463. The average Bonchev–Trinajstić information content (AvgIpc) is 2.63. The third-order valence-electron chi connectivity index (χ3n) is 4.49. The topological polar surface area (TPSA) is 44.8 Å². The Labute approximate surface area is 145 Å². The van der Waals surface area contributed by atoms with Crippen molar-refractivity contribution in [3.63, 3.8) is 0 Å². The molecule has 1 saturated carbocycles. The van der Waals surface area contributed by atoms with Gasteiger partial charge in [0.1, 0.15) is 11.5 Å². The maximum atomic E-state index is 12.1. The summed E-state index contributed by atoms with van der Waals surface area (Å²) < 4.78 is 16.2. The summed E-state index contributed by atoms with van der Waals surface area (Å²) in [5.74, 6) is 1.43. The molecule has 0 spiro atoms. The molecular formula is C20H30O4. The lowest BCUT2D eigenvalue weighted by molar-refractivity contribution is -0.139. The van der Waals surface area contributed by atoms with Gasteiger partial charge in [-0.1, -0.05) is 25.7 Å². The summed E-state index contributed by atoms with van der Waals surface area (Å²) in [6.07, 6.45) is 9.92. The van der Waals surface area contributed by atoms with E-state index in [1.807, 2.05) is 24.3 Å². The van der Waals surface area contributed by atoms with Crippen LogP contribution in [0.25, 0.3) is 0 Å². The first-order valence-corrected chi connectivity index (χ1v) is 9.23. The first-order valence-electron chi connectivity index (χ1n) is 9.23. The van der Waals surface area contributed by atoms with Crippen molar-refractivity contribution in [2.24, 2.45) is 5.92 Å². The molecule has 0 aromatic heterocycles. The Morgan fingerprint density at radius 2 is 1.54 bits per heavy atom. The molecule has 0 aliphatic heterocycles. The molecular weight excluding hydrogens is 304 g/mol. The van der Waals surface area contributed by atoms with Gasteiger partial charge in [0.05, 0.1) is 12.5 Å². The lowest BCUT2D eigenvalue weighted by Crippen LogP contribution is -2.22. The maximum absolute atomic E-state index is 12.1. The van der Waals surface area contributed by atoms with Crippen LogP contribution < -0.4 is 9.47 Å². The zero-order chi connectivity index (χ0) is 17.0. The smallest absolute Gasteiger partial charge is 0.314 e. The van der Waals surface area contributed by atoms with Crippen molar-refractivity contribution in [2.45, 2.75) is 57.8 Å². The van der Waals surface area contributed by atoms with Gasteiger partial charge < -0.3 is 14.2 Å². The van der Waals surface area contributed by atoms with Crippen LogP contribution in [0.15, 0.2) is 24.3 Å². The highest BCUT2D eigenvalue weighted by atomic mass is 16.5. The van der Waals surface area contributed by atoms with Crippen LogP contribution in [0, 0.1) is 5.92 Å². The van der Waals surface area contributed by atoms with E-state index in [1.54, 1.807) is 7.11 Å². The number of carbonyl (C=O) groups excluding carboxylic acids is 1. The van der Waals surface area contributed by atoms with Crippen molar-refractivity contribution in [1.82, 2.24) is 0 Å². The molecule has 4 heteroatoms. The van der Waals surface area contributed by atoms with Crippen molar-refractivity contribution in [1.29, 1.82) is 0 Å². The minimum absolute atomic E-state index is 0.0767. The van der Waals surface area contributed by atoms with Crippen molar-refractivity contribution < 1.29 is 19.0 Å². The first kappa shape index (κ1) is 18.8. The number of esters is 1. The molecule has 0 N–H and O–H groups in total. The number of ether oxygens (including phenoxy) is 3. The minimum atomic E-state index is -0.0839. The normalized spacial score (nSPS) is 15.2. The fourth-order valence-corrected chi connectivity index (χ4v) is 3.03. The number of hydrogen-bond donors (Lipinski definition) is 0. The van der Waals surface area contributed by atoms with E-state index < -0.39 is 0 Å². The van der Waals surface area contributed by atoms with E-state index in [4.69, 9.17) is 14.2 Å². The Balaban J connectivity index is 1.64. The van der Waals surface area contributed by atoms with E-state index >= 15 is 0 Å². The second-order valence-corrected chi connectivity index (χ2v) is 6.48. The molecule has 0 radical (unpaired) electrons. The molecule has 0 amide bonds. The second-order valence-electron chi connectivity index (χ2n) is 6.48. The summed E-state index contributed by atoms with van der Waals surface area (Å²) in [6.45, 7) is 1.55. The number of benzene rings is 1. The van der Waals surface area contributed by atoms with E-state index in [0.717, 1.165) is 57.3 Å². The molecule has 1 aliphatic rings. The molecule has 0 bridgehead atoms. The summed E-state index contributed by atoms with van der Waals surface area (Å²) in [4.78, 5) is 12.1. The van der Waals surface area contributed by atoms with Crippen LogP contribution in [0.1, 0.15) is 57.8 Å². The molecule has 1 fully saturated rings. The second kappa shape index (κ2) is 11.1. The van der Waals surface area contributed by atoms with Gasteiger partial charge >= 0.3 is 5.97 Å². The van der Waals surface area contributed by atoms with Crippen molar-refractivity contribution in [3.8, 4) is 11.5 Å². The van der Waals surface area contributed by atoms with Crippen molar-refractivity contribution in [3.05, 3.63) is 24.3 Å². The van der Waals surface area contributed by atoms with Gasteiger partial charge in [0.15, 0.2) is 0 Å². The predicted octanol–water partition coefficient (Wildman–Crippen LogP) is 4.76. The number of carbonyl (C=O) groups is 1. The molecule has 134 valence electrons. The molecule has 0 saturated heterocycles. The summed E-state index contributed by atoms with van der Waals surface area (Å²) in [7, 11) is 1.74. The Morgan fingerprint density at radius 1 is 0.917 bits per heavy atom. The molecule has 1 aliphatic carbocycles. The van der Waals surface area contributed by atoms with Crippen LogP contribution >= 0.6 is 0 Å². The summed E-state index contributed by atoms with van der Waals surface area (Å²) >= 11 is 0. The highest BCUT2D eigenvalue weighted by Crippen LogP contribution is 2.26. The molecule has 0 unspecified atom stereocenters. The van der Waals surface area contributed by atoms with E-state index in [9.17, 15) is 4.79 Å². The molecule has 0 heterocycles. The first-order chi connectivity index (χ1) is 11.8. The van der Waals surface area contributed by atoms with Crippen LogP contribution in [-0.2, 0) is 9.53 Å².